The first-order valence-corrected chi connectivity index (χ1v) is 12.1. The molecule has 0 amide bonds. The van der Waals surface area contributed by atoms with Gasteiger partial charge in [0.2, 0.25) is 0 Å². The second-order valence-electron chi connectivity index (χ2n) is 10.4. The monoisotopic (exact) mass is 472 g/mol. The van der Waals surface area contributed by atoms with E-state index in [0.29, 0.717) is 11.2 Å². The van der Waals surface area contributed by atoms with Crippen molar-refractivity contribution >= 4 is 24.2 Å². The van der Waals surface area contributed by atoms with Gasteiger partial charge in [-0.15, -0.1) is 0 Å². The molecule has 0 radical (unpaired) electrons. The van der Waals surface area contributed by atoms with Crippen molar-refractivity contribution in [1.82, 2.24) is 0 Å². The Morgan fingerprint density at radius 1 is 1.03 bits per heavy atom. The van der Waals surface area contributed by atoms with Crippen molar-refractivity contribution in [3.8, 4) is 5.75 Å². The second-order valence-corrected chi connectivity index (χ2v) is 10.8. The lowest BCUT2D eigenvalue weighted by Gasteiger charge is -2.39. The predicted molar refractivity (Wildman–Crippen MR) is 128 cm³/mol. The maximum absolute atomic E-state index is 15.2. The molecule has 1 saturated carbocycles. The minimum absolute atomic E-state index is 0.00631. The van der Waals surface area contributed by atoms with E-state index in [2.05, 4.69) is 12.1 Å². The van der Waals surface area contributed by atoms with Crippen molar-refractivity contribution in [2.75, 3.05) is 7.11 Å². The molecule has 1 aliphatic carbocycles. The highest BCUT2D eigenvalue weighted by molar-refractivity contribution is 6.66. The molecule has 0 bridgehead atoms. The zero-order valence-corrected chi connectivity index (χ0v) is 20.7. The first-order chi connectivity index (χ1) is 15.6. The summed E-state index contributed by atoms with van der Waals surface area (Å²) in [6, 6.07) is 11.5. The van der Waals surface area contributed by atoms with Crippen molar-refractivity contribution in [2.45, 2.75) is 76.3 Å². The van der Waals surface area contributed by atoms with E-state index in [1.807, 2.05) is 45.9 Å². The average Bonchev–Trinajstić information content (AvgIpc) is 3.45. The average molecular weight is 473 g/mol. The SMILES string of the molecule is CO[C@H]1c2c(cc(F)c(Cl)c2B2OC(C)(C)C(C)(C)O2)O[C@@]1(c1ccccc1)C1CCCC1. The fourth-order valence-corrected chi connectivity index (χ4v) is 5.97. The van der Waals surface area contributed by atoms with E-state index in [9.17, 15) is 0 Å². The Labute approximate surface area is 200 Å². The molecule has 33 heavy (non-hydrogen) atoms. The van der Waals surface area contributed by atoms with Crippen LogP contribution in [0.4, 0.5) is 4.39 Å². The molecule has 0 aromatic heterocycles. The highest BCUT2D eigenvalue weighted by Crippen LogP contribution is 2.58. The Bertz CT molecular complexity index is 1040. The molecule has 0 unspecified atom stereocenters. The number of hydrogen-bond donors (Lipinski definition) is 0. The van der Waals surface area contributed by atoms with Crippen molar-refractivity contribution in [1.29, 1.82) is 0 Å². The van der Waals surface area contributed by atoms with Gasteiger partial charge in [0.1, 0.15) is 17.7 Å². The molecule has 7 heteroatoms. The normalized spacial score (nSPS) is 28.2. The smallest absolute Gasteiger partial charge is 0.479 e. The number of halogens is 2. The number of methoxy groups -OCH3 is 1. The number of hydrogen-bond acceptors (Lipinski definition) is 4. The summed E-state index contributed by atoms with van der Waals surface area (Å²) in [6.07, 6.45) is 3.82. The molecule has 3 aliphatic rings. The molecule has 4 nitrogen and oxygen atoms in total. The first kappa shape index (κ1) is 23.2. The van der Waals surface area contributed by atoms with Crippen LogP contribution < -0.4 is 10.2 Å². The van der Waals surface area contributed by atoms with Gasteiger partial charge in [0.15, 0.2) is 5.60 Å². The number of ether oxygens (including phenoxy) is 2. The van der Waals surface area contributed by atoms with Gasteiger partial charge in [0, 0.05) is 30.1 Å². The fourth-order valence-electron chi connectivity index (χ4n) is 5.72. The van der Waals surface area contributed by atoms with Gasteiger partial charge in [-0.1, -0.05) is 54.8 Å². The summed E-state index contributed by atoms with van der Waals surface area (Å²) >= 11 is 6.62. The molecule has 1 saturated heterocycles. The lowest BCUT2D eigenvalue weighted by atomic mass is 9.69. The lowest BCUT2D eigenvalue weighted by Crippen LogP contribution is -2.45. The van der Waals surface area contributed by atoms with Crippen LogP contribution in [0.1, 0.15) is 70.6 Å². The van der Waals surface area contributed by atoms with Crippen molar-refractivity contribution in [3.05, 3.63) is 58.4 Å². The highest BCUT2D eigenvalue weighted by Gasteiger charge is 2.60. The minimum atomic E-state index is -0.830. The van der Waals surface area contributed by atoms with Crippen LogP contribution in [0, 0.1) is 11.7 Å². The molecular weight excluding hydrogens is 442 g/mol. The van der Waals surface area contributed by atoms with Gasteiger partial charge in [0.25, 0.3) is 0 Å². The van der Waals surface area contributed by atoms with Crippen LogP contribution in [-0.4, -0.2) is 25.4 Å². The lowest BCUT2D eigenvalue weighted by molar-refractivity contribution is -0.0935. The Morgan fingerprint density at radius 3 is 2.21 bits per heavy atom. The van der Waals surface area contributed by atoms with Gasteiger partial charge in [-0.25, -0.2) is 4.39 Å². The van der Waals surface area contributed by atoms with Crippen LogP contribution in [0.25, 0.3) is 0 Å². The highest BCUT2D eigenvalue weighted by atomic mass is 35.5. The summed E-state index contributed by atoms with van der Waals surface area (Å²) in [7, 11) is 0.851. The predicted octanol–water partition coefficient (Wildman–Crippen LogP) is 5.94. The standard InChI is InChI=1S/C26H31BClFO4/c1-24(2)25(3,4)33-27(32-24)21-20-19(15-18(29)22(21)28)31-26(23(20)30-5,17-13-9-10-14-17)16-11-7-6-8-12-16/h6-8,11-12,15,17,23H,9-10,13-14H2,1-5H3/t23-,26-/m0/s1. The van der Waals surface area contributed by atoms with Gasteiger partial charge < -0.3 is 18.8 Å². The number of benzene rings is 2. The molecule has 2 aromatic carbocycles. The van der Waals surface area contributed by atoms with Gasteiger partial charge in [-0.3, -0.25) is 0 Å². The van der Waals surface area contributed by atoms with Crippen molar-refractivity contribution < 1.29 is 23.2 Å². The summed E-state index contributed by atoms with van der Waals surface area (Å²) in [5.41, 5.74) is 0.251. The molecule has 2 atom stereocenters. The van der Waals surface area contributed by atoms with E-state index in [4.69, 9.17) is 30.4 Å². The number of fused-ring (bicyclic) bond motifs is 1. The van der Waals surface area contributed by atoms with Gasteiger partial charge in [-0.2, -0.15) is 0 Å². The zero-order chi connectivity index (χ0) is 23.6. The topological polar surface area (TPSA) is 36.9 Å². The fraction of sp³-hybridized carbons (Fsp3) is 0.538. The second kappa shape index (κ2) is 7.98. The molecule has 2 aromatic rings. The van der Waals surface area contributed by atoms with E-state index in [1.54, 1.807) is 7.11 Å². The third-order valence-electron chi connectivity index (χ3n) is 8.10. The van der Waals surface area contributed by atoms with Crippen molar-refractivity contribution in [2.24, 2.45) is 5.92 Å². The van der Waals surface area contributed by atoms with Crippen molar-refractivity contribution in [3.63, 3.8) is 0 Å². The molecule has 5 rings (SSSR count). The van der Waals surface area contributed by atoms with E-state index in [-0.39, 0.29) is 10.9 Å². The van der Waals surface area contributed by atoms with E-state index in [0.717, 1.165) is 36.8 Å². The van der Waals surface area contributed by atoms with Gasteiger partial charge >= 0.3 is 7.12 Å². The van der Waals surface area contributed by atoms with Crippen LogP contribution in [0.3, 0.4) is 0 Å². The Balaban J connectivity index is 1.71. The molecule has 2 aliphatic heterocycles. The summed E-state index contributed by atoms with van der Waals surface area (Å²) in [5.74, 6) is 0.125. The molecule has 2 heterocycles. The molecule has 0 spiro atoms. The molecular formula is C26H31BClFO4. The molecule has 2 fully saturated rings. The Morgan fingerprint density at radius 2 is 1.64 bits per heavy atom. The van der Waals surface area contributed by atoms with Crippen LogP contribution in [0.5, 0.6) is 5.75 Å². The van der Waals surface area contributed by atoms with Crippen LogP contribution >= 0.6 is 11.6 Å². The maximum atomic E-state index is 15.2. The molecule has 0 N–H and O–H groups in total. The summed E-state index contributed by atoms with van der Waals surface area (Å²) in [4.78, 5) is 0. The first-order valence-electron chi connectivity index (χ1n) is 11.8. The third kappa shape index (κ3) is 3.36. The van der Waals surface area contributed by atoms with Gasteiger partial charge in [0.05, 0.1) is 16.2 Å². The van der Waals surface area contributed by atoms with Crippen LogP contribution in [-0.2, 0) is 19.6 Å². The summed E-state index contributed by atoms with van der Waals surface area (Å²) in [6.45, 7) is 7.88. The van der Waals surface area contributed by atoms with E-state index >= 15 is 4.39 Å². The quantitative estimate of drug-likeness (QED) is 0.516. The van der Waals surface area contributed by atoms with Gasteiger partial charge in [-0.05, 0) is 46.1 Å². The van der Waals surface area contributed by atoms with E-state index < -0.39 is 35.8 Å². The zero-order valence-electron chi connectivity index (χ0n) is 19.9. The Kier molecular flexibility index (Phi) is 5.60. The largest absolute Gasteiger partial charge is 0.497 e. The third-order valence-corrected chi connectivity index (χ3v) is 8.49. The Hall–Kier alpha value is -1.60. The minimum Gasteiger partial charge on any atom is -0.479 e. The van der Waals surface area contributed by atoms with Crippen LogP contribution in [0.2, 0.25) is 5.02 Å². The maximum Gasteiger partial charge on any atom is 0.497 e. The summed E-state index contributed by atoms with van der Waals surface area (Å²) in [5, 5.41) is -0.00631. The summed E-state index contributed by atoms with van der Waals surface area (Å²) < 4.78 is 40.8. The van der Waals surface area contributed by atoms with E-state index in [1.165, 1.54) is 6.07 Å². The number of rotatable bonds is 4. The van der Waals surface area contributed by atoms with Crippen LogP contribution in [0.15, 0.2) is 36.4 Å². The molecule has 176 valence electrons.